The van der Waals surface area contributed by atoms with E-state index in [0.717, 1.165) is 24.4 Å². The minimum absolute atomic E-state index is 0.0194. The minimum atomic E-state index is -1.13. The molecule has 10 nitrogen and oxygen atoms in total. The van der Waals surface area contributed by atoms with Crippen molar-refractivity contribution in [1.29, 1.82) is 0 Å². The number of imidazole rings is 1. The molecule has 0 saturated heterocycles. The second kappa shape index (κ2) is 7.40. The third-order valence-electron chi connectivity index (χ3n) is 5.79. The van der Waals surface area contributed by atoms with Crippen LogP contribution < -0.4 is 10.2 Å². The van der Waals surface area contributed by atoms with Crippen molar-refractivity contribution in [2.75, 3.05) is 35.7 Å². The highest BCUT2D eigenvalue weighted by atomic mass is 32.2. The molecule has 160 valence electrons. The van der Waals surface area contributed by atoms with Crippen molar-refractivity contribution in [1.82, 2.24) is 19.5 Å². The molecule has 2 aromatic rings. The molecule has 0 radical (unpaired) electrons. The highest BCUT2D eigenvalue weighted by Gasteiger charge is 2.45. The molecule has 5 rings (SSSR count). The van der Waals surface area contributed by atoms with E-state index in [0.29, 0.717) is 60.8 Å². The second-order valence-electron chi connectivity index (χ2n) is 7.89. The lowest BCUT2D eigenvalue weighted by molar-refractivity contribution is 0.0520. The van der Waals surface area contributed by atoms with Crippen LogP contribution in [-0.2, 0) is 35.4 Å². The number of hydrogen-bond acceptors (Lipinski definition) is 9. The molecule has 4 heterocycles. The van der Waals surface area contributed by atoms with Crippen LogP contribution in [-0.4, -0.2) is 66.2 Å². The van der Waals surface area contributed by atoms with Gasteiger partial charge in [0, 0.05) is 25.7 Å². The van der Waals surface area contributed by atoms with E-state index >= 15 is 0 Å². The van der Waals surface area contributed by atoms with E-state index in [4.69, 9.17) is 14.7 Å². The molecule has 0 amide bonds. The van der Waals surface area contributed by atoms with Crippen LogP contribution in [0.15, 0.2) is 11.1 Å². The number of carbonyl (C=O) groups is 1. The number of anilines is 2. The average Bonchev–Trinajstić information content (AvgIpc) is 3.21. The molecular formula is C19H24N6O4S. The molecule has 1 fully saturated rings. The van der Waals surface area contributed by atoms with Crippen molar-refractivity contribution < 1.29 is 19.2 Å². The van der Waals surface area contributed by atoms with Crippen LogP contribution in [0, 0.1) is 0 Å². The highest BCUT2D eigenvalue weighted by molar-refractivity contribution is 7.91. The summed E-state index contributed by atoms with van der Waals surface area (Å²) in [5, 5.41) is 13.0. The quantitative estimate of drug-likeness (QED) is 0.494. The Morgan fingerprint density at radius 3 is 2.93 bits per heavy atom. The molecule has 1 aliphatic carbocycles. The summed E-state index contributed by atoms with van der Waals surface area (Å²) in [6.07, 6.45) is 4.10. The molecule has 0 bridgehead atoms. The lowest BCUT2D eigenvalue weighted by Gasteiger charge is -2.28. The summed E-state index contributed by atoms with van der Waals surface area (Å²) in [5.74, 6) is 1.99. The number of ether oxygens (including phenoxy) is 1. The van der Waals surface area contributed by atoms with Gasteiger partial charge in [-0.05, 0) is 30.9 Å². The summed E-state index contributed by atoms with van der Waals surface area (Å²) in [7, 11) is 0. The molecule has 2 N–H and O–H groups in total. The van der Waals surface area contributed by atoms with Crippen molar-refractivity contribution in [2.24, 2.45) is 0 Å². The number of esters is 1. The predicted octanol–water partition coefficient (Wildman–Crippen LogP) is 0.470. The summed E-state index contributed by atoms with van der Waals surface area (Å²) in [4.78, 5) is 28.5. The Kier molecular flexibility index (Phi) is 4.83. The largest absolute Gasteiger partial charge is 0.611 e. The lowest BCUT2D eigenvalue weighted by atomic mass is 10.2. The van der Waals surface area contributed by atoms with Gasteiger partial charge in [0.15, 0.2) is 11.5 Å². The number of fused-ring (bicyclic) bond motifs is 2. The normalized spacial score (nSPS) is 21.2. The summed E-state index contributed by atoms with van der Waals surface area (Å²) in [5.41, 5.74) is 0.745. The molecular weight excluding hydrogens is 408 g/mol. The molecule has 0 spiro atoms. The van der Waals surface area contributed by atoms with Gasteiger partial charge in [-0.2, -0.15) is 4.98 Å². The molecule has 11 heteroatoms. The van der Waals surface area contributed by atoms with E-state index in [1.165, 1.54) is 0 Å². The first-order valence-electron chi connectivity index (χ1n) is 10.2. The maximum atomic E-state index is 12.5. The third kappa shape index (κ3) is 3.40. The zero-order chi connectivity index (χ0) is 20.9. The van der Waals surface area contributed by atoms with Crippen molar-refractivity contribution >= 4 is 28.9 Å². The van der Waals surface area contributed by atoms with Crippen LogP contribution in [0.3, 0.4) is 0 Å². The monoisotopic (exact) mass is 432 g/mol. The maximum absolute atomic E-state index is 12.5. The number of aliphatic hydroxyl groups excluding tert-OH is 1. The number of rotatable bonds is 6. The number of nitrogens with one attached hydrogen (secondary N) is 1. The van der Waals surface area contributed by atoms with E-state index in [9.17, 15) is 14.5 Å². The second-order valence-corrected chi connectivity index (χ2v) is 9.40. The van der Waals surface area contributed by atoms with Gasteiger partial charge in [-0.3, -0.25) is 0 Å². The summed E-state index contributed by atoms with van der Waals surface area (Å²) < 4.78 is 19.5. The number of aliphatic hydroxyl groups is 1. The summed E-state index contributed by atoms with van der Waals surface area (Å²) in [6.45, 7) is 3.87. The van der Waals surface area contributed by atoms with Gasteiger partial charge in [-0.25, -0.2) is 14.8 Å². The molecule has 3 aliphatic rings. The first kappa shape index (κ1) is 19.6. The summed E-state index contributed by atoms with van der Waals surface area (Å²) >= 11 is -1.13. The van der Waals surface area contributed by atoms with E-state index in [2.05, 4.69) is 10.3 Å². The number of carbonyl (C=O) groups excluding carboxylic acids is 1. The van der Waals surface area contributed by atoms with Gasteiger partial charge < -0.3 is 29.2 Å². The first-order valence-corrected chi connectivity index (χ1v) is 11.5. The molecule has 2 aliphatic heterocycles. The fraction of sp³-hybridized carbons (Fsp3) is 0.579. The fourth-order valence-corrected chi connectivity index (χ4v) is 5.17. The number of hydrogen-bond donors (Lipinski definition) is 2. The van der Waals surface area contributed by atoms with Gasteiger partial charge in [0.2, 0.25) is 10.8 Å². The maximum Gasteiger partial charge on any atom is 0.358 e. The first-order chi connectivity index (χ1) is 14.5. The van der Waals surface area contributed by atoms with Crippen LogP contribution in [0.2, 0.25) is 0 Å². The van der Waals surface area contributed by atoms with Gasteiger partial charge in [0.1, 0.15) is 17.3 Å². The Morgan fingerprint density at radius 2 is 2.20 bits per heavy atom. The molecule has 1 saturated carbocycles. The topological polar surface area (TPSA) is 128 Å². The van der Waals surface area contributed by atoms with Crippen LogP contribution in [0.4, 0.5) is 11.8 Å². The average molecular weight is 433 g/mol. The van der Waals surface area contributed by atoms with Crippen LogP contribution >= 0.6 is 0 Å². The van der Waals surface area contributed by atoms with Gasteiger partial charge in [0.05, 0.1) is 25.3 Å². The standard InChI is InChI=1S/C19H24N6O4S/c1-2-29-17(27)13-9-24-6-7-25(10-14(24)20-13)18-21-12-3-8-30(28)15(12)16(22-18)23-19(11-26)4-5-19/h9,26H,2-8,10-11H2,1H3,(H,21,22,23). The van der Waals surface area contributed by atoms with Crippen molar-refractivity contribution in [3.63, 3.8) is 0 Å². The van der Waals surface area contributed by atoms with Crippen molar-refractivity contribution in [3.8, 4) is 0 Å². The Balaban J connectivity index is 1.43. The smallest absolute Gasteiger partial charge is 0.358 e. The van der Waals surface area contributed by atoms with E-state index in [1.54, 1.807) is 13.1 Å². The van der Waals surface area contributed by atoms with E-state index < -0.39 is 17.1 Å². The summed E-state index contributed by atoms with van der Waals surface area (Å²) in [6, 6.07) is 0. The van der Waals surface area contributed by atoms with Crippen LogP contribution in [0.5, 0.6) is 0 Å². The molecule has 2 aromatic heterocycles. The SMILES string of the molecule is CCOC(=O)c1cn2c(n1)CN(c1nc3c(c(NC4(CO)CC4)n1)[S+]([O-])CC3)CC2. The van der Waals surface area contributed by atoms with Gasteiger partial charge in [-0.1, -0.05) is 0 Å². The van der Waals surface area contributed by atoms with Gasteiger partial charge in [0.25, 0.3) is 0 Å². The highest BCUT2D eigenvalue weighted by Crippen LogP contribution is 2.41. The Labute approximate surface area is 176 Å². The molecule has 1 atom stereocenters. The molecule has 0 aromatic carbocycles. The number of nitrogens with zero attached hydrogens (tertiary/aromatic N) is 5. The van der Waals surface area contributed by atoms with Crippen molar-refractivity contribution in [2.45, 2.75) is 49.7 Å². The molecule has 1 unspecified atom stereocenters. The number of aryl methyl sites for hydroxylation is 1. The Hall–Kier alpha value is -2.37. The van der Waals surface area contributed by atoms with E-state index in [1.807, 2.05) is 9.47 Å². The zero-order valence-corrected chi connectivity index (χ0v) is 17.6. The Bertz CT molecular complexity index is 992. The zero-order valence-electron chi connectivity index (χ0n) is 16.8. The number of aromatic nitrogens is 4. The van der Waals surface area contributed by atoms with Crippen LogP contribution in [0.1, 0.15) is 41.8 Å². The fourth-order valence-electron chi connectivity index (χ4n) is 3.86. The molecule has 30 heavy (non-hydrogen) atoms. The third-order valence-corrected chi connectivity index (χ3v) is 7.24. The van der Waals surface area contributed by atoms with Crippen molar-refractivity contribution in [3.05, 3.63) is 23.4 Å². The van der Waals surface area contributed by atoms with E-state index in [-0.39, 0.29) is 12.1 Å². The lowest BCUT2D eigenvalue weighted by Crippen LogP contribution is -2.35. The van der Waals surface area contributed by atoms with Gasteiger partial charge >= 0.3 is 5.97 Å². The Morgan fingerprint density at radius 1 is 1.37 bits per heavy atom. The van der Waals surface area contributed by atoms with Gasteiger partial charge in [-0.15, -0.1) is 0 Å². The minimum Gasteiger partial charge on any atom is -0.611 e. The predicted molar refractivity (Wildman–Crippen MR) is 109 cm³/mol. The van der Waals surface area contributed by atoms with Crippen LogP contribution in [0.25, 0.3) is 0 Å².